The molecule has 2 nitrogen and oxygen atoms in total. The third-order valence-corrected chi connectivity index (χ3v) is 3.44. The highest BCUT2D eigenvalue weighted by Gasteiger charge is 2.13. The summed E-state index contributed by atoms with van der Waals surface area (Å²) in [6.45, 7) is 2.01. The first-order chi connectivity index (χ1) is 9.10. The summed E-state index contributed by atoms with van der Waals surface area (Å²) >= 11 is 6.24. The summed E-state index contributed by atoms with van der Waals surface area (Å²) in [4.78, 5) is 4.11. The van der Waals surface area contributed by atoms with E-state index < -0.39 is 0 Å². The number of nitrogens with zero attached hydrogens (tertiary/aromatic N) is 1. The highest BCUT2D eigenvalue weighted by Crippen LogP contribution is 2.23. The van der Waals surface area contributed by atoms with Crippen LogP contribution in [0.3, 0.4) is 0 Å². The monoisotopic (exact) mass is 278 g/mol. The number of nitrogens with one attached hydrogen (secondary N) is 1. The smallest absolute Gasteiger partial charge is 0.141 e. The molecule has 1 N–H and O–H groups in total. The van der Waals surface area contributed by atoms with Gasteiger partial charge in [-0.1, -0.05) is 23.7 Å². The fourth-order valence-corrected chi connectivity index (χ4v) is 2.30. The maximum atomic E-state index is 12.9. The van der Waals surface area contributed by atoms with Crippen molar-refractivity contribution in [1.29, 1.82) is 0 Å². The van der Waals surface area contributed by atoms with Crippen LogP contribution < -0.4 is 5.32 Å². The number of hydrogen-bond acceptors (Lipinski definition) is 2. The molecular formula is C15H16ClFN2. The number of aryl methyl sites for hydroxylation is 1. The first-order valence-electron chi connectivity index (χ1n) is 6.14. The second-order valence-electron chi connectivity index (χ2n) is 4.54. The zero-order valence-electron chi connectivity index (χ0n) is 11.0. The molecule has 0 aliphatic heterocycles. The molecule has 0 fully saturated rings. The lowest BCUT2D eigenvalue weighted by atomic mass is 10.0. The fourth-order valence-electron chi connectivity index (χ4n) is 1.99. The van der Waals surface area contributed by atoms with Crippen molar-refractivity contribution in [3.8, 4) is 0 Å². The van der Waals surface area contributed by atoms with Crippen LogP contribution in [0.2, 0.25) is 5.02 Å². The van der Waals surface area contributed by atoms with Crippen LogP contribution in [0.25, 0.3) is 0 Å². The number of likely N-dealkylation sites (N-methyl/N-ethyl adjacent to an activating group) is 1. The molecule has 0 radical (unpaired) electrons. The van der Waals surface area contributed by atoms with Gasteiger partial charge in [0.2, 0.25) is 0 Å². The van der Waals surface area contributed by atoms with E-state index in [-0.39, 0.29) is 11.9 Å². The molecule has 0 aliphatic carbocycles. The van der Waals surface area contributed by atoms with Crippen LogP contribution in [0, 0.1) is 12.7 Å². The molecule has 0 saturated carbocycles. The molecule has 19 heavy (non-hydrogen) atoms. The topological polar surface area (TPSA) is 24.9 Å². The van der Waals surface area contributed by atoms with E-state index in [0.29, 0.717) is 6.42 Å². The summed E-state index contributed by atoms with van der Waals surface area (Å²) < 4.78 is 12.9. The maximum Gasteiger partial charge on any atom is 0.141 e. The van der Waals surface area contributed by atoms with Gasteiger partial charge in [-0.2, -0.15) is 0 Å². The van der Waals surface area contributed by atoms with Crippen molar-refractivity contribution in [2.45, 2.75) is 19.4 Å². The normalized spacial score (nSPS) is 12.4. The van der Waals surface area contributed by atoms with Gasteiger partial charge in [0, 0.05) is 5.02 Å². The van der Waals surface area contributed by atoms with Gasteiger partial charge in [0.25, 0.3) is 0 Å². The third kappa shape index (κ3) is 3.52. The lowest BCUT2D eigenvalue weighted by Gasteiger charge is -2.16. The lowest BCUT2D eigenvalue weighted by molar-refractivity contribution is 0.565. The molecule has 0 saturated heterocycles. The fraction of sp³-hybridized carbons (Fsp3) is 0.267. The van der Waals surface area contributed by atoms with Gasteiger partial charge in [0.1, 0.15) is 5.82 Å². The summed E-state index contributed by atoms with van der Waals surface area (Å²) in [5, 5.41) is 3.94. The lowest BCUT2D eigenvalue weighted by Crippen LogP contribution is -2.20. The second kappa shape index (κ2) is 6.13. The van der Waals surface area contributed by atoms with Gasteiger partial charge in [-0.3, -0.25) is 4.98 Å². The first-order valence-corrected chi connectivity index (χ1v) is 6.51. The van der Waals surface area contributed by atoms with Crippen molar-refractivity contribution in [2.75, 3.05) is 7.05 Å². The number of hydrogen-bond donors (Lipinski definition) is 1. The number of benzene rings is 1. The molecule has 0 aliphatic rings. The van der Waals surface area contributed by atoms with E-state index in [1.165, 1.54) is 12.3 Å². The van der Waals surface area contributed by atoms with Crippen LogP contribution in [0.5, 0.6) is 0 Å². The molecular weight excluding hydrogens is 263 g/mol. The maximum absolute atomic E-state index is 12.9. The molecule has 2 aromatic rings. The first kappa shape index (κ1) is 14.0. The molecule has 1 aromatic carbocycles. The molecule has 0 bridgehead atoms. The average molecular weight is 279 g/mol. The van der Waals surface area contributed by atoms with Crippen molar-refractivity contribution in [3.63, 3.8) is 0 Å². The Labute approximate surface area is 117 Å². The number of rotatable bonds is 4. The minimum absolute atomic E-state index is 0.0146. The zero-order chi connectivity index (χ0) is 13.8. The number of halogens is 2. The van der Waals surface area contributed by atoms with E-state index in [9.17, 15) is 4.39 Å². The van der Waals surface area contributed by atoms with Crippen molar-refractivity contribution >= 4 is 11.6 Å². The Hall–Kier alpha value is -1.45. The van der Waals surface area contributed by atoms with Gasteiger partial charge in [-0.05, 0) is 49.7 Å². The number of aromatic nitrogens is 1. The average Bonchev–Trinajstić information content (AvgIpc) is 2.39. The Bertz CT molecular complexity index is 555. The Kier molecular flexibility index (Phi) is 4.51. The molecule has 1 aromatic heterocycles. The van der Waals surface area contributed by atoms with Crippen LogP contribution >= 0.6 is 11.6 Å². The van der Waals surface area contributed by atoms with Gasteiger partial charge in [0.15, 0.2) is 0 Å². The SMILES string of the molecule is CNC(Cc1ccc(C)cc1Cl)c1ccc(F)cn1. The molecule has 0 amide bonds. The minimum atomic E-state index is -0.327. The van der Waals surface area contributed by atoms with Crippen LogP contribution in [0.15, 0.2) is 36.5 Å². The molecule has 0 spiro atoms. The quantitative estimate of drug-likeness (QED) is 0.923. The Balaban J connectivity index is 2.21. The summed E-state index contributed by atoms with van der Waals surface area (Å²) in [6.07, 6.45) is 1.95. The molecule has 1 heterocycles. The Morgan fingerprint density at radius 3 is 2.68 bits per heavy atom. The summed E-state index contributed by atoms with van der Waals surface area (Å²) in [5.74, 6) is -0.327. The van der Waals surface area contributed by atoms with Gasteiger partial charge in [-0.25, -0.2) is 4.39 Å². The van der Waals surface area contributed by atoms with Crippen LogP contribution in [-0.2, 0) is 6.42 Å². The van der Waals surface area contributed by atoms with Crippen molar-refractivity contribution < 1.29 is 4.39 Å². The van der Waals surface area contributed by atoms with Crippen molar-refractivity contribution in [2.24, 2.45) is 0 Å². The highest BCUT2D eigenvalue weighted by atomic mass is 35.5. The van der Waals surface area contributed by atoms with Gasteiger partial charge in [0.05, 0.1) is 17.9 Å². The van der Waals surface area contributed by atoms with Gasteiger partial charge < -0.3 is 5.32 Å². The second-order valence-corrected chi connectivity index (χ2v) is 4.95. The summed E-state index contributed by atoms with van der Waals surface area (Å²) in [6, 6.07) is 9.13. The van der Waals surface area contributed by atoms with Crippen LogP contribution in [0.1, 0.15) is 22.9 Å². The van der Waals surface area contributed by atoms with E-state index in [1.807, 2.05) is 32.2 Å². The summed E-state index contributed by atoms with van der Waals surface area (Å²) in [7, 11) is 1.86. The van der Waals surface area contributed by atoms with E-state index in [4.69, 9.17) is 11.6 Å². The van der Waals surface area contributed by atoms with Gasteiger partial charge in [-0.15, -0.1) is 0 Å². The van der Waals surface area contributed by atoms with Crippen LogP contribution in [0.4, 0.5) is 4.39 Å². The predicted molar refractivity (Wildman–Crippen MR) is 75.9 cm³/mol. The van der Waals surface area contributed by atoms with E-state index in [0.717, 1.165) is 21.8 Å². The predicted octanol–water partition coefficient (Wildman–Crippen LogP) is 3.69. The standard InChI is InChI=1S/C15H16ClFN2/c1-10-3-4-11(13(16)7-10)8-15(18-2)14-6-5-12(17)9-19-14/h3-7,9,15,18H,8H2,1-2H3. The minimum Gasteiger partial charge on any atom is -0.311 e. The Morgan fingerprint density at radius 1 is 1.32 bits per heavy atom. The molecule has 2 rings (SSSR count). The zero-order valence-corrected chi connectivity index (χ0v) is 11.7. The Morgan fingerprint density at radius 2 is 2.11 bits per heavy atom. The molecule has 1 atom stereocenters. The number of pyridine rings is 1. The molecule has 4 heteroatoms. The molecule has 100 valence electrons. The van der Waals surface area contributed by atoms with E-state index >= 15 is 0 Å². The van der Waals surface area contributed by atoms with E-state index in [1.54, 1.807) is 6.07 Å². The highest BCUT2D eigenvalue weighted by molar-refractivity contribution is 6.31. The van der Waals surface area contributed by atoms with Gasteiger partial charge >= 0.3 is 0 Å². The van der Waals surface area contributed by atoms with E-state index in [2.05, 4.69) is 10.3 Å². The largest absolute Gasteiger partial charge is 0.311 e. The van der Waals surface area contributed by atoms with Crippen LogP contribution in [-0.4, -0.2) is 12.0 Å². The third-order valence-electron chi connectivity index (χ3n) is 3.09. The molecule has 1 unspecified atom stereocenters. The van der Waals surface area contributed by atoms with Crippen molar-refractivity contribution in [3.05, 3.63) is 64.2 Å². The summed E-state index contributed by atoms with van der Waals surface area (Å²) in [5.41, 5.74) is 2.99. The van der Waals surface area contributed by atoms with Crippen molar-refractivity contribution in [1.82, 2.24) is 10.3 Å².